The minimum Gasteiger partial charge on any atom is -0.396 e. The number of hydrogen-bond acceptors (Lipinski definition) is 3. The van der Waals surface area contributed by atoms with Crippen molar-refractivity contribution in [3.8, 4) is 0 Å². The molecule has 0 radical (unpaired) electrons. The van der Waals surface area contributed by atoms with Gasteiger partial charge in [-0.2, -0.15) is 0 Å². The lowest BCUT2D eigenvalue weighted by atomic mass is 10.0. The molecule has 88 valence electrons. The molecule has 0 aliphatic carbocycles. The van der Waals surface area contributed by atoms with Crippen LogP contribution in [0.4, 0.5) is 0 Å². The van der Waals surface area contributed by atoms with Gasteiger partial charge in [0.15, 0.2) is 0 Å². The molecule has 0 aromatic rings. The van der Waals surface area contributed by atoms with Crippen LogP contribution < -0.4 is 10.6 Å². The largest absolute Gasteiger partial charge is 0.396 e. The van der Waals surface area contributed by atoms with Crippen molar-refractivity contribution in [1.82, 2.24) is 10.6 Å². The number of carbonyl (C=O) groups excluding carboxylic acids is 1. The van der Waals surface area contributed by atoms with E-state index in [1.165, 1.54) is 6.42 Å². The maximum atomic E-state index is 11.7. The molecule has 1 unspecified atom stereocenters. The van der Waals surface area contributed by atoms with Crippen LogP contribution in [0.5, 0.6) is 0 Å². The highest BCUT2D eigenvalue weighted by molar-refractivity contribution is 5.82. The molecule has 15 heavy (non-hydrogen) atoms. The summed E-state index contributed by atoms with van der Waals surface area (Å²) in [6, 6.07) is 0.156. The van der Waals surface area contributed by atoms with Crippen LogP contribution in [0, 0.1) is 0 Å². The number of aliphatic hydroxyl groups is 1. The average molecular weight is 214 g/mol. The van der Waals surface area contributed by atoms with Gasteiger partial charge in [0, 0.05) is 12.6 Å². The van der Waals surface area contributed by atoms with Crippen LogP contribution in [-0.4, -0.2) is 36.2 Å². The van der Waals surface area contributed by atoms with Crippen molar-refractivity contribution in [3.63, 3.8) is 0 Å². The average Bonchev–Trinajstić information content (AvgIpc) is 2.27. The highest BCUT2D eigenvalue weighted by atomic mass is 16.3. The maximum Gasteiger partial charge on any atom is 0.237 e. The highest BCUT2D eigenvalue weighted by Crippen LogP contribution is 2.07. The number of carbonyl (C=O) groups is 1. The molecule has 4 heteroatoms. The first-order chi connectivity index (χ1) is 7.24. The van der Waals surface area contributed by atoms with Gasteiger partial charge in [-0.05, 0) is 39.2 Å². The topological polar surface area (TPSA) is 61.4 Å². The first-order valence-electron chi connectivity index (χ1n) is 5.88. The molecule has 4 nitrogen and oxygen atoms in total. The maximum absolute atomic E-state index is 11.7. The fourth-order valence-corrected chi connectivity index (χ4v) is 1.89. The second kappa shape index (κ2) is 6.80. The predicted octanol–water partition coefficient (Wildman–Crippen LogP) is 0.406. The Morgan fingerprint density at radius 2 is 2.40 bits per heavy atom. The van der Waals surface area contributed by atoms with Gasteiger partial charge >= 0.3 is 0 Å². The van der Waals surface area contributed by atoms with E-state index in [-0.39, 0.29) is 24.6 Å². The Balaban J connectivity index is 2.21. The molecule has 2 atom stereocenters. The van der Waals surface area contributed by atoms with E-state index in [1.54, 1.807) is 0 Å². The summed E-state index contributed by atoms with van der Waals surface area (Å²) in [7, 11) is 0. The molecule has 1 saturated heterocycles. The summed E-state index contributed by atoms with van der Waals surface area (Å²) in [5, 5.41) is 14.9. The Morgan fingerprint density at radius 3 is 3.00 bits per heavy atom. The van der Waals surface area contributed by atoms with E-state index in [0.29, 0.717) is 0 Å². The van der Waals surface area contributed by atoms with Gasteiger partial charge in [0.05, 0.1) is 6.04 Å². The van der Waals surface area contributed by atoms with Crippen molar-refractivity contribution in [2.24, 2.45) is 0 Å². The van der Waals surface area contributed by atoms with Crippen molar-refractivity contribution < 1.29 is 9.90 Å². The molecular formula is C11H22N2O2. The number of rotatable bonds is 5. The molecule has 1 fully saturated rings. The summed E-state index contributed by atoms with van der Waals surface area (Å²) in [4.78, 5) is 11.7. The smallest absolute Gasteiger partial charge is 0.237 e. The van der Waals surface area contributed by atoms with Crippen molar-refractivity contribution in [2.45, 2.75) is 51.1 Å². The van der Waals surface area contributed by atoms with E-state index in [1.807, 2.05) is 6.92 Å². The van der Waals surface area contributed by atoms with Crippen LogP contribution in [-0.2, 0) is 4.79 Å². The Kier molecular flexibility index (Phi) is 5.65. The molecule has 1 rings (SSSR count). The predicted molar refractivity (Wildman–Crippen MR) is 59.6 cm³/mol. The van der Waals surface area contributed by atoms with E-state index >= 15 is 0 Å². The normalized spacial score (nSPS) is 23.5. The number of hydrogen-bond donors (Lipinski definition) is 3. The minimum atomic E-state index is -0.00433. The molecule has 1 aliphatic rings. The first-order valence-corrected chi connectivity index (χ1v) is 5.88. The monoisotopic (exact) mass is 214 g/mol. The van der Waals surface area contributed by atoms with E-state index in [4.69, 9.17) is 5.11 Å². The van der Waals surface area contributed by atoms with Crippen LogP contribution >= 0.6 is 0 Å². The number of piperidine rings is 1. The van der Waals surface area contributed by atoms with Crippen molar-refractivity contribution in [2.75, 3.05) is 13.2 Å². The molecule has 3 N–H and O–H groups in total. The standard InChI is InChI=1S/C11H22N2O2/c1-9(5-4-8-14)13-11(15)10-6-2-3-7-12-10/h9-10,12,14H,2-8H2,1H3,(H,13,15)/t9?,10-/m0/s1. The summed E-state index contributed by atoms with van der Waals surface area (Å²) in [5.41, 5.74) is 0. The van der Waals surface area contributed by atoms with Gasteiger partial charge in [-0.15, -0.1) is 0 Å². The van der Waals surface area contributed by atoms with Crippen molar-refractivity contribution in [3.05, 3.63) is 0 Å². The van der Waals surface area contributed by atoms with Crippen LogP contribution in [0.2, 0.25) is 0 Å². The number of nitrogens with one attached hydrogen (secondary N) is 2. The van der Waals surface area contributed by atoms with Crippen molar-refractivity contribution >= 4 is 5.91 Å². The van der Waals surface area contributed by atoms with Gasteiger partial charge in [-0.1, -0.05) is 6.42 Å². The van der Waals surface area contributed by atoms with Crippen molar-refractivity contribution in [1.29, 1.82) is 0 Å². The van der Waals surface area contributed by atoms with Crippen LogP contribution in [0.3, 0.4) is 0 Å². The van der Waals surface area contributed by atoms with Gasteiger partial charge in [0.2, 0.25) is 5.91 Å². The van der Waals surface area contributed by atoms with Gasteiger partial charge in [-0.3, -0.25) is 4.79 Å². The zero-order valence-corrected chi connectivity index (χ0v) is 9.46. The van der Waals surface area contributed by atoms with Crippen LogP contribution in [0.1, 0.15) is 39.0 Å². The second-order valence-electron chi connectivity index (χ2n) is 4.28. The van der Waals surface area contributed by atoms with E-state index in [9.17, 15) is 4.79 Å². The third kappa shape index (κ3) is 4.62. The quantitative estimate of drug-likeness (QED) is 0.621. The molecule has 0 aromatic heterocycles. The van der Waals surface area contributed by atoms with Gasteiger partial charge in [-0.25, -0.2) is 0 Å². The Labute approximate surface area is 91.4 Å². The SMILES string of the molecule is CC(CCCO)NC(=O)[C@@H]1CCCCN1. The minimum absolute atomic E-state index is 0.00433. The second-order valence-corrected chi connectivity index (χ2v) is 4.28. The summed E-state index contributed by atoms with van der Waals surface area (Å²) in [5.74, 6) is 0.111. The Bertz CT molecular complexity index is 191. The molecule has 0 spiro atoms. The van der Waals surface area contributed by atoms with E-state index in [2.05, 4.69) is 10.6 Å². The van der Waals surface area contributed by atoms with Gasteiger partial charge in [0.1, 0.15) is 0 Å². The zero-order valence-electron chi connectivity index (χ0n) is 9.46. The fraction of sp³-hybridized carbons (Fsp3) is 0.909. The highest BCUT2D eigenvalue weighted by Gasteiger charge is 2.21. The van der Waals surface area contributed by atoms with Crippen LogP contribution in [0.25, 0.3) is 0 Å². The molecule has 1 heterocycles. The summed E-state index contributed by atoms with van der Waals surface area (Å²) in [6.45, 7) is 3.13. The van der Waals surface area contributed by atoms with Crippen LogP contribution in [0.15, 0.2) is 0 Å². The fourth-order valence-electron chi connectivity index (χ4n) is 1.89. The number of amides is 1. The molecule has 1 amide bonds. The summed E-state index contributed by atoms with van der Waals surface area (Å²) in [6.07, 6.45) is 4.84. The van der Waals surface area contributed by atoms with E-state index in [0.717, 1.165) is 32.2 Å². The number of aliphatic hydroxyl groups excluding tert-OH is 1. The van der Waals surface area contributed by atoms with Gasteiger partial charge in [0.25, 0.3) is 0 Å². The van der Waals surface area contributed by atoms with E-state index < -0.39 is 0 Å². The molecule has 1 aliphatic heterocycles. The Morgan fingerprint density at radius 1 is 1.60 bits per heavy atom. The molecule has 0 aromatic carbocycles. The summed E-state index contributed by atoms with van der Waals surface area (Å²) >= 11 is 0. The summed E-state index contributed by atoms with van der Waals surface area (Å²) < 4.78 is 0. The molecular weight excluding hydrogens is 192 g/mol. The third-order valence-corrected chi connectivity index (χ3v) is 2.81. The third-order valence-electron chi connectivity index (χ3n) is 2.81. The lowest BCUT2D eigenvalue weighted by Crippen LogP contribution is -2.49. The Hall–Kier alpha value is -0.610. The lowest BCUT2D eigenvalue weighted by Gasteiger charge is -2.24. The molecule has 0 saturated carbocycles. The van der Waals surface area contributed by atoms with Gasteiger partial charge < -0.3 is 15.7 Å². The molecule has 0 bridgehead atoms. The zero-order chi connectivity index (χ0) is 11.1. The first kappa shape index (κ1) is 12.5. The lowest BCUT2D eigenvalue weighted by molar-refractivity contribution is -0.124.